The van der Waals surface area contributed by atoms with E-state index in [0.717, 1.165) is 37.9 Å². The second-order valence-electron chi connectivity index (χ2n) is 7.42. The predicted octanol–water partition coefficient (Wildman–Crippen LogP) is 2.39. The summed E-state index contributed by atoms with van der Waals surface area (Å²) >= 11 is 0. The van der Waals surface area contributed by atoms with Crippen LogP contribution in [0.3, 0.4) is 0 Å². The SMILES string of the molecule is NC(=O)C1[CH]CCN1C1CCN(C(=O)CCc2ccc(C(F)(F)F)cc2)CC1. The molecule has 1 aromatic rings. The zero-order valence-corrected chi connectivity index (χ0v) is 15.6. The fourth-order valence-corrected chi connectivity index (χ4v) is 4.06. The zero-order valence-electron chi connectivity index (χ0n) is 15.6. The molecule has 8 heteroatoms. The molecule has 1 radical (unpaired) electrons. The van der Waals surface area contributed by atoms with Crippen LogP contribution in [0.25, 0.3) is 0 Å². The van der Waals surface area contributed by atoms with Gasteiger partial charge in [0.2, 0.25) is 11.8 Å². The Morgan fingerprint density at radius 2 is 1.71 bits per heavy atom. The quantitative estimate of drug-likeness (QED) is 0.831. The highest BCUT2D eigenvalue weighted by Gasteiger charge is 2.36. The molecule has 2 saturated heterocycles. The fraction of sp³-hybridized carbons (Fsp3) is 0.550. The maximum Gasteiger partial charge on any atom is 0.416 e. The van der Waals surface area contributed by atoms with Crippen molar-refractivity contribution in [3.63, 3.8) is 0 Å². The molecule has 5 nitrogen and oxygen atoms in total. The Labute approximate surface area is 162 Å². The van der Waals surface area contributed by atoms with E-state index in [2.05, 4.69) is 4.90 Å². The lowest BCUT2D eigenvalue weighted by molar-refractivity contribution is -0.137. The zero-order chi connectivity index (χ0) is 20.3. The van der Waals surface area contributed by atoms with Gasteiger partial charge in [-0.15, -0.1) is 0 Å². The van der Waals surface area contributed by atoms with Crippen LogP contribution in [0.1, 0.15) is 36.8 Å². The third-order valence-electron chi connectivity index (χ3n) is 5.62. The maximum atomic E-state index is 12.6. The topological polar surface area (TPSA) is 66.6 Å². The Morgan fingerprint density at radius 3 is 2.29 bits per heavy atom. The monoisotopic (exact) mass is 396 g/mol. The van der Waals surface area contributed by atoms with Crippen molar-refractivity contribution < 1.29 is 22.8 Å². The Kier molecular flexibility index (Phi) is 6.27. The van der Waals surface area contributed by atoms with Crippen LogP contribution in [-0.2, 0) is 22.2 Å². The molecule has 28 heavy (non-hydrogen) atoms. The van der Waals surface area contributed by atoms with E-state index in [1.165, 1.54) is 12.1 Å². The Balaban J connectivity index is 1.46. The molecule has 2 heterocycles. The van der Waals surface area contributed by atoms with Gasteiger partial charge in [-0.2, -0.15) is 13.2 Å². The van der Waals surface area contributed by atoms with Gasteiger partial charge < -0.3 is 10.6 Å². The van der Waals surface area contributed by atoms with E-state index in [4.69, 9.17) is 5.73 Å². The number of alkyl halides is 3. The summed E-state index contributed by atoms with van der Waals surface area (Å²) in [6.07, 6.45) is 0.732. The fourth-order valence-electron chi connectivity index (χ4n) is 4.06. The Hall–Kier alpha value is -2.09. The number of benzene rings is 1. The van der Waals surface area contributed by atoms with Gasteiger partial charge in [-0.1, -0.05) is 12.1 Å². The van der Waals surface area contributed by atoms with Crippen LogP contribution in [0.15, 0.2) is 24.3 Å². The molecule has 0 aliphatic carbocycles. The summed E-state index contributed by atoms with van der Waals surface area (Å²) in [6.45, 7) is 2.07. The molecule has 2 aliphatic rings. The van der Waals surface area contributed by atoms with Gasteiger partial charge in [0.15, 0.2) is 0 Å². The smallest absolute Gasteiger partial charge is 0.368 e. The molecule has 0 aromatic heterocycles. The van der Waals surface area contributed by atoms with Crippen molar-refractivity contribution >= 4 is 11.8 Å². The van der Waals surface area contributed by atoms with E-state index in [-0.39, 0.29) is 30.3 Å². The number of nitrogens with two attached hydrogens (primary N) is 1. The molecule has 3 rings (SSSR count). The van der Waals surface area contributed by atoms with Gasteiger partial charge in [-0.25, -0.2) is 0 Å². The minimum atomic E-state index is -4.35. The number of rotatable bonds is 5. The van der Waals surface area contributed by atoms with Crippen molar-refractivity contribution in [2.45, 2.75) is 50.4 Å². The van der Waals surface area contributed by atoms with Crippen LogP contribution < -0.4 is 5.73 Å². The minimum Gasteiger partial charge on any atom is -0.368 e. The number of carbonyl (C=O) groups is 2. The second kappa shape index (κ2) is 8.51. The molecular weight excluding hydrogens is 371 g/mol. The summed E-state index contributed by atoms with van der Waals surface area (Å²) in [6, 6.07) is 4.88. The summed E-state index contributed by atoms with van der Waals surface area (Å²) in [4.78, 5) is 27.9. The maximum absolute atomic E-state index is 12.6. The highest BCUT2D eigenvalue weighted by atomic mass is 19.4. The molecule has 0 saturated carbocycles. The highest BCUT2D eigenvalue weighted by Crippen LogP contribution is 2.29. The normalized spacial score (nSPS) is 21.8. The molecular formula is C20H25F3N3O2. The number of hydrogen-bond donors (Lipinski definition) is 1. The molecule has 2 amide bonds. The van der Waals surface area contributed by atoms with Gasteiger partial charge in [-0.3, -0.25) is 14.5 Å². The first-order valence-electron chi connectivity index (χ1n) is 9.58. The van der Waals surface area contributed by atoms with Gasteiger partial charge >= 0.3 is 6.18 Å². The highest BCUT2D eigenvalue weighted by molar-refractivity contribution is 5.81. The largest absolute Gasteiger partial charge is 0.416 e. The first kappa shape index (κ1) is 20.6. The van der Waals surface area contributed by atoms with Crippen molar-refractivity contribution in [1.29, 1.82) is 0 Å². The van der Waals surface area contributed by atoms with Crippen molar-refractivity contribution in [1.82, 2.24) is 9.80 Å². The van der Waals surface area contributed by atoms with Gasteiger partial charge in [0, 0.05) is 25.6 Å². The Morgan fingerprint density at radius 1 is 1.07 bits per heavy atom. The number of piperidine rings is 1. The van der Waals surface area contributed by atoms with Crippen molar-refractivity contribution in [2.75, 3.05) is 19.6 Å². The van der Waals surface area contributed by atoms with E-state index < -0.39 is 11.7 Å². The first-order valence-corrected chi connectivity index (χ1v) is 9.58. The van der Waals surface area contributed by atoms with Crippen molar-refractivity contribution in [3.8, 4) is 0 Å². The summed E-state index contributed by atoms with van der Waals surface area (Å²) in [5.41, 5.74) is 5.49. The Bertz CT molecular complexity index is 698. The predicted molar refractivity (Wildman–Crippen MR) is 98.0 cm³/mol. The number of halogens is 3. The van der Waals surface area contributed by atoms with E-state index in [1.807, 2.05) is 6.42 Å². The van der Waals surface area contributed by atoms with E-state index in [1.54, 1.807) is 4.90 Å². The molecule has 1 atom stereocenters. The van der Waals surface area contributed by atoms with Crippen LogP contribution in [0.5, 0.6) is 0 Å². The van der Waals surface area contributed by atoms with E-state index in [0.29, 0.717) is 25.1 Å². The number of likely N-dealkylation sites (tertiary alicyclic amines) is 2. The first-order chi connectivity index (χ1) is 13.3. The lowest BCUT2D eigenvalue weighted by atomic mass is 10.0. The van der Waals surface area contributed by atoms with Gasteiger partial charge in [0.1, 0.15) is 0 Å². The number of amides is 2. The third kappa shape index (κ3) is 4.84. The molecule has 1 unspecified atom stereocenters. The molecule has 2 N–H and O–H groups in total. The average Bonchev–Trinajstić information content (AvgIpc) is 3.16. The van der Waals surface area contributed by atoms with Gasteiger partial charge in [0.05, 0.1) is 11.6 Å². The number of nitrogens with zero attached hydrogens (tertiary/aromatic N) is 2. The number of carbonyl (C=O) groups excluding carboxylic acids is 2. The van der Waals surface area contributed by atoms with Gasteiger partial charge in [-0.05, 0) is 56.3 Å². The van der Waals surface area contributed by atoms with Crippen LogP contribution in [0.2, 0.25) is 0 Å². The van der Waals surface area contributed by atoms with Crippen molar-refractivity contribution in [2.24, 2.45) is 5.73 Å². The summed E-state index contributed by atoms with van der Waals surface area (Å²) in [5, 5.41) is 0. The van der Waals surface area contributed by atoms with Gasteiger partial charge in [0.25, 0.3) is 0 Å². The van der Waals surface area contributed by atoms with E-state index >= 15 is 0 Å². The standard InChI is InChI=1S/C20H25F3N3O2/c21-20(22,23)15-6-3-14(4-7-15)5-8-18(27)25-12-9-16(10-13-25)26-11-1-2-17(26)19(24)28/h2-4,6-7,16-17H,1,5,8-13H2,(H2,24,28). The number of primary amides is 1. The van der Waals surface area contributed by atoms with E-state index in [9.17, 15) is 22.8 Å². The average molecular weight is 396 g/mol. The summed E-state index contributed by atoms with van der Waals surface area (Å²) in [5.74, 6) is -0.315. The third-order valence-corrected chi connectivity index (χ3v) is 5.62. The number of aryl methyl sites for hydroxylation is 1. The number of hydrogen-bond acceptors (Lipinski definition) is 3. The lowest BCUT2D eigenvalue weighted by Crippen LogP contribution is -2.51. The second-order valence-corrected chi connectivity index (χ2v) is 7.42. The minimum absolute atomic E-state index is 0.0118. The summed E-state index contributed by atoms with van der Waals surface area (Å²) < 4.78 is 37.8. The summed E-state index contributed by atoms with van der Waals surface area (Å²) in [7, 11) is 0. The van der Waals surface area contributed by atoms with Crippen molar-refractivity contribution in [3.05, 3.63) is 41.8 Å². The molecule has 0 spiro atoms. The van der Waals surface area contributed by atoms with Crippen LogP contribution in [-0.4, -0.2) is 53.3 Å². The molecule has 153 valence electrons. The molecule has 0 bridgehead atoms. The molecule has 2 aliphatic heterocycles. The van der Waals surface area contributed by atoms with Crippen LogP contribution in [0, 0.1) is 6.42 Å². The van der Waals surface area contributed by atoms with Crippen LogP contribution >= 0.6 is 0 Å². The lowest BCUT2D eigenvalue weighted by Gasteiger charge is -2.38. The molecule has 2 fully saturated rings. The molecule has 1 aromatic carbocycles. The van der Waals surface area contributed by atoms with Crippen LogP contribution in [0.4, 0.5) is 13.2 Å².